The number of hydrogen-bond acceptors (Lipinski definition) is 4. The third-order valence-corrected chi connectivity index (χ3v) is 5.96. The third kappa shape index (κ3) is 3.08. The molecule has 2 aliphatic heterocycles. The van der Waals surface area contributed by atoms with Gasteiger partial charge in [-0.15, -0.1) is 11.8 Å². The average Bonchev–Trinajstić information content (AvgIpc) is 2.96. The zero-order valence-corrected chi connectivity index (χ0v) is 14.7. The summed E-state index contributed by atoms with van der Waals surface area (Å²) in [5.41, 5.74) is 1.07. The third-order valence-electron chi connectivity index (χ3n) is 4.73. The Morgan fingerprint density at radius 1 is 1.29 bits per heavy atom. The van der Waals surface area contributed by atoms with E-state index < -0.39 is 0 Å². The predicted octanol–water partition coefficient (Wildman–Crippen LogP) is 2.62. The molecule has 0 radical (unpaired) electrons. The van der Waals surface area contributed by atoms with E-state index in [0.717, 1.165) is 44.1 Å². The monoisotopic (exact) mass is 342 g/mol. The highest BCUT2D eigenvalue weighted by atomic mass is 32.2. The molecule has 6 heteroatoms. The van der Waals surface area contributed by atoms with Gasteiger partial charge in [-0.25, -0.2) is 4.98 Å². The van der Waals surface area contributed by atoms with E-state index in [1.165, 1.54) is 4.90 Å². The van der Waals surface area contributed by atoms with E-state index in [1.54, 1.807) is 0 Å². The van der Waals surface area contributed by atoms with Gasteiger partial charge < -0.3 is 9.47 Å². The lowest BCUT2D eigenvalue weighted by Crippen LogP contribution is -2.43. The Morgan fingerprint density at radius 2 is 2.17 bits per heavy atom. The Morgan fingerprint density at radius 3 is 3.08 bits per heavy atom. The predicted molar refractivity (Wildman–Crippen MR) is 96.2 cm³/mol. The summed E-state index contributed by atoms with van der Waals surface area (Å²) < 4.78 is 2.17. The minimum absolute atomic E-state index is 0.192. The molecule has 2 aromatic rings. The van der Waals surface area contributed by atoms with Crippen molar-refractivity contribution in [3.05, 3.63) is 42.5 Å². The number of benzene rings is 1. The molecule has 0 spiro atoms. The molecule has 1 amide bonds. The Balaban J connectivity index is 1.50. The molecule has 0 N–H and O–H groups in total. The minimum atomic E-state index is 0.192. The highest BCUT2D eigenvalue weighted by Gasteiger charge is 2.26. The zero-order valence-electron chi connectivity index (χ0n) is 13.9. The Labute approximate surface area is 146 Å². The smallest absolute Gasteiger partial charge is 0.241 e. The molecule has 0 bridgehead atoms. The van der Waals surface area contributed by atoms with Gasteiger partial charge in [-0.1, -0.05) is 19.1 Å². The molecule has 0 aliphatic carbocycles. The van der Waals surface area contributed by atoms with E-state index in [2.05, 4.69) is 39.6 Å². The van der Waals surface area contributed by atoms with Crippen LogP contribution < -0.4 is 4.90 Å². The van der Waals surface area contributed by atoms with Crippen molar-refractivity contribution in [3.63, 3.8) is 0 Å². The van der Waals surface area contributed by atoms with Crippen LogP contribution in [0.15, 0.2) is 41.6 Å². The molecule has 0 saturated heterocycles. The van der Waals surface area contributed by atoms with E-state index in [9.17, 15) is 4.79 Å². The molecular weight excluding hydrogens is 320 g/mol. The van der Waals surface area contributed by atoms with Crippen LogP contribution in [0.3, 0.4) is 0 Å². The first-order valence-corrected chi connectivity index (χ1v) is 9.37. The number of nitrogens with zero attached hydrogens (tertiary/aromatic N) is 4. The summed E-state index contributed by atoms with van der Waals surface area (Å²) in [6.07, 6.45) is 4.87. The summed E-state index contributed by atoms with van der Waals surface area (Å²) in [7, 11) is 0. The summed E-state index contributed by atoms with van der Waals surface area (Å²) in [6.45, 7) is 6.05. The van der Waals surface area contributed by atoms with Gasteiger partial charge in [0.15, 0.2) is 0 Å². The lowest BCUT2D eigenvalue weighted by atomic mass is 10.2. The number of fused-ring (bicyclic) bond motifs is 2. The summed E-state index contributed by atoms with van der Waals surface area (Å²) >= 11 is 1.87. The van der Waals surface area contributed by atoms with Crippen molar-refractivity contribution in [3.8, 4) is 0 Å². The van der Waals surface area contributed by atoms with Crippen LogP contribution in [-0.4, -0.2) is 45.2 Å². The first-order chi connectivity index (χ1) is 11.7. The SMILES string of the molecule is C[C@@H]1CCN(C(=O)CN2CCn3ccnc3C2)c2ccccc2S1. The fraction of sp³-hybridized carbons (Fsp3) is 0.444. The fourth-order valence-electron chi connectivity index (χ4n) is 3.38. The normalized spacial score (nSPS) is 21.0. The van der Waals surface area contributed by atoms with Gasteiger partial charge in [0.05, 0.1) is 18.8 Å². The van der Waals surface area contributed by atoms with Crippen LogP contribution >= 0.6 is 11.8 Å². The van der Waals surface area contributed by atoms with Crippen LogP contribution in [-0.2, 0) is 17.9 Å². The number of imidazole rings is 1. The second-order valence-electron chi connectivity index (χ2n) is 6.48. The first-order valence-electron chi connectivity index (χ1n) is 8.49. The van der Waals surface area contributed by atoms with Gasteiger partial charge in [0.2, 0.25) is 5.91 Å². The molecule has 1 aromatic heterocycles. The van der Waals surface area contributed by atoms with Gasteiger partial charge in [-0.3, -0.25) is 9.69 Å². The summed E-state index contributed by atoms with van der Waals surface area (Å²) in [4.78, 5) is 22.8. The molecule has 0 fully saturated rings. The number of hydrogen-bond donors (Lipinski definition) is 0. The van der Waals surface area contributed by atoms with E-state index in [1.807, 2.05) is 35.1 Å². The molecule has 0 saturated carbocycles. The molecule has 1 atom stereocenters. The Kier molecular flexibility index (Phi) is 4.33. The molecule has 2 aliphatic rings. The number of aromatic nitrogens is 2. The quantitative estimate of drug-likeness (QED) is 0.841. The van der Waals surface area contributed by atoms with Crippen LogP contribution in [0.1, 0.15) is 19.2 Å². The maximum Gasteiger partial charge on any atom is 0.241 e. The number of rotatable bonds is 2. The second-order valence-corrected chi connectivity index (χ2v) is 7.96. The lowest BCUT2D eigenvalue weighted by molar-refractivity contribution is -0.120. The van der Waals surface area contributed by atoms with Gasteiger partial charge in [-0.05, 0) is 18.6 Å². The van der Waals surface area contributed by atoms with Gasteiger partial charge in [0, 0.05) is 42.2 Å². The van der Waals surface area contributed by atoms with Gasteiger partial charge >= 0.3 is 0 Å². The number of amides is 1. The average molecular weight is 342 g/mol. The largest absolute Gasteiger partial charge is 0.333 e. The summed E-state index contributed by atoms with van der Waals surface area (Å²) in [6, 6.07) is 8.27. The minimum Gasteiger partial charge on any atom is -0.333 e. The summed E-state index contributed by atoms with van der Waals surface area (Å²) in [5, 5.41) is 0.534. The van der Waals surface area contributed by atoms with Crippen LogP contribution in [0.2, 0.25) is 0 Å². The van der Waals surface area contributed by atoms with E-state index in [-0.39, 0.29) is 5.91 Å². The standard InChI is InChI=1S/C18H22N4OS/c1-14-6-8-22(15-4-2-3-5-16(15)24-14)18(23)13-20-10-11-21-9-7-19-17(21)12-20/h2-5,7,9,14H,6,8,10-13H2,1H3/t14-/m1/s1. The number of carbonyl (C=O) groups excluding carboxylic acids is 1. The van der Waals surface area contributed by atoms with Gasteiger partial charge in [0.1, 0.15) is 5.82 Å². The fourth-order valence-corrected chi connectivity index (χ4v) is 4.49. The molecule has 5 nitrogen and oxygen atoms in total. The Bertz CT molecular complexity index is 744. The van der Waals surface area contributed by atoms with Crippen molar-refractivity contribution in [2.75, 3.05) is 24.5 Å². The molecule has 24 heavy (non-hydrogen) atoms. The topological polar surface area (TPSA) is 41.4 Å². The molecule has 3 heterocycles. The van der Waals surface area contributed by atoms with E-state index in [0.29, 0.717) is 11.8 Å². The lowest BCUT2D eigenvalue weighted by Gasteiger charge is -2.30. The molecule has 4 rings (SSSR count). The van der Waals surface area contributed by atoms with Crippen LogP contribution in [0.4, 0.5) is 5.69 Å². The van der Waals surface area contributed by atoms with Gasteiger partial charge in [-0.2, -0.15) is 0 Å². The number of anilines is 1. The van der Waals surface area contributed by atoms with Crippen molar-refractivity contribution in [1.82, 2.24) is 14.5 Å². The van der Waals surface area contributed by atoms with Crippen molar-refractivity contribution in [1.29, 1.82) is 0 Å². The highest BCUT2D eigenvalue weighted by molar-refractivity contribution is 8.00. The van der Waals surface area contributed by atoms with Crippen molar-refractivity contribution >= 4 is 23.4 Å². The summed E-state index contributed by atoms with van der Waals surface area (Å²) in [5.74, 6) is 1.24. The second kappa shape index (κ2) is 6.61. The van der Waals surface area contributed by atoms with Crippen molar-refractivity contribution in [2.24, 2.45) is 0 Å². The highest BCUT2D eigenvalue weighted by Crippen LogP contribution is 2.37. The molecule has 126 valence electrons. The Hall–Kier alpha value is -1.79. The van der Waals surface area contributed by atoms with Crippen LogP contribution in [0, 0.1) is 0 Å². The van der Waals surface area contributed by atoms with Crippen molar-refractivity contribution in [2.45, 2.75) is 36.6 Å². The van der Waals surface area contributed by atoms with Crippen LogP contribution in [0.5, 0.6) is 0 Å². The number of para-hydroxylation sites is 1. The van der Waals surface area contributed by atoms with Gasteiger partial charge in [0.25, 0.3) is 0 Å². The van der Waals surface area contributed by atoms with Crippen molar-refractivity contribution < 1.29 is 4.79 Å². The molecule has 0 unspecified atom stereocenters. The molecular formula is C18H22N4OS. The maximum atomic E-state index is 13.0. The van der Waals surface area contributed by atoms with E-state index >= 15 is 0 Å². The molecule has 1 aromatic carbocycles. The number of carbonyl (C=O) groups is 1. The van der Waals surface area contributed by atoms with Crippen LogP contribution in [0.25, 0.3) is 0 Å². The first kappa shape index (κ1) is 15.7. The zero-order chi connectivity index (χ0) is 16.5. The number of thioether (sulfide) groups is 1. The van der Waals surface area contributed by atoms with E-state index in [4.69, 9.17) is 0 Å². The maximum absolute atomic E-state index is 13.0.